The molecule has 1 fully saturated rings. The summed E-state index contributed by atoms with van der Waals surface area (Å²) in [5.74, 6) is 1.89. The quantitative estimate of drug-likeness (QED) is 0.591. The third-order valence-corrected chi connectivity index (χ3v) is 6.40. The van der Waals surface area contributed by atoms with Crippen molar-refractivity contribution in [3.63, 3.8) is 0 Å². The first-order chi connectivity index (χ1) is 16.2. The number of ether oxygens (including phenoxy) is 1. The Bertz CT molecular complexity index is 1150. The molecular formula is C27H28N4O2. The van der Waals surface area contributed by atoms with Gasteiger partial charge in [-0.2, -0.15) is 0 Å². The maximum absolute atomic E-state index is 12.7. The topological polar surface area (TPSA) is 58.6 Å². The van der Waals surface area contributed by atoms with Gasteiger partial charge in [-0.15, -0.1) is 0 Å². The molecule has 2 aliphatic rings. The van der Waals surface area contributed by atoms with Gasteiger partial charge < -0.3 is 14.5 Å². The van der Waals surface area contributed by atoms with Crippen molar-refractivity contribution in [2.75, 3.05) is 43.1 Å². The predicted molar refractivity (Wildman–Crippen MR) is 131 cm³/mol. The molecule has 1 aromatic heterocycles. The second-order valence-electron chi connectivity index (χ2n) is 8.57. The zero-order valence-corrected chi connectivity index (χ0v) is 18.9. The number of aromatic nitrogens is 2. The number of benzene rings is 2. The molecule has 5 rings (SSSR count). The Hall–Kier alpha value is -3.67. The molecule has 1 atom stereocenters. The number of rotatable bonds is 5. The van der Waals surface area contributed by atoms with Crippen LogP contribution >= 0.6 is 0 Å². The number of anilines is 2. The normalized spacial score (nSPS) is 18.5. The Labute approximate surface area is 194 Å². The van der Waals surface area contributed by atoms with Crippen LogP contribution in [-0.2, 0) is 6.42 Å². The van der Waals surface area contributed by atoms with E-state index in [9.17, 15) is 4.79 Å². The molecule has 2 aromatic carbocycles. The van der Waals surface area contributed by atoms with Crippen LogP contribution < -0.4 is 14.5 Å². The van der Waals surface area contributed by atoms with Crippen molar-refractivity contribution in [1.29, 1.82) is 0 Å². The number of hydrogen-bond donors (Lipinski definition) is 0. The summed E-state index contributed by atoms with van der Waals surface area (Å²) in [6.45, 7) is 3.44. The fourth-order valence-electron chi connectivity index (χ4n) is 4.54. The molecule has 0 radical (unpaired) electrons. The van der Waals surface area contributed by atoms with Crippen LogP contribution in [0, 0.1) is 5.92 Å². The van der Waals surface area contributed by atoms with Gasteiger partial charge in [-0.05, 0) is 30.0 Å². The molecule has 0 spiro atoms. The van der Waals surface area contributed by atoms with Crippen LogP contribution in [0.4, 0.5) is 11.6 Å². The van der Waals surface area contributed by atoms with Gasteiger partial charge in [-0.1, -0.05) is 48.6 Å². The van der Waals surface area contributed by atoms with Crippen LogP contribution in [0.1, 0.15) is 28.0 Å². The van der Waals surface area contributed by atoms with Crippen LogP contribution in [-0.4, -0.2) is 49.0 Å². The Morgan fingerprint density at radius 3 is 2.55 bits per heavy atom. The second kappa shape index (κ2) is 9.45. The maximum Gasteiger partial charge on any atom is 0.225 e. The Morgan fingerprint density at radius 1 is 0.970 bits per heavy atom. The summed E-state index contributed by atoms with van der Waals surface area (Å²) in [7, 11) is 1.69. The fourth-order valence-corrected chi connectivity index (χ4v) is 4.54. The highest BCUT2D eigenvalue weighted by Gasteiger charge is 2.27. The van der Waals surface area contributed by atoms with E-state index in [1.165, 1.54) is 5.69 Å². The lowest BCUT2D eigenvalue weighted by Crippen LogP contribution is -2.47. The maximum atomic E-state index is 12.7. The van der Waals surface area contributed by atoms with Gasteiger partial charge in [0.15, 0.2) is 5.78 Å². The molecule has 2 heterocycles. The van der Waals surface area contributed by atoms with Gasteiger partial charge in [0, 0.05) is 50.6 Å². The average Bonchev–Trinajstić information content (AvgIpc) is 2.88. The van der Waals surface area contributed by atoms with Crippen LogP contribution in [0.5, 0.6) is 5.75 Å². The van der Waals surface area contributed by atoms with Crippen molar-refractivity contribution in [2.45, 2.75) is 12.8 Å². The van der Waals surface area contributed by atoms with Gasteiger partial charge in [-0.3, -0.25) is 4.79 Å². The number of methoxy groups -OCH3 is 1. The highest BCUT2D eigenvalue weighted by Crippen LogP contribution is 2.28. The van der Waals surface area contributed by atoms with E-state index >= 15 is 0 Å². The second-order valence-corrected chi connectivity index (χ2v) is 8.57. The number of carbonyl (C=O) groups is 1. The van der Waals surface area contributed by atoms with Crippen molar-refractivity contribution in [1.82, 2.24) is 9.97 Å². The fraction of sp³-hybridized carbons (Fsp3) is 0.296. The average molecular weight is 441 g/mol. The van der Waals surface area contributed by atoms with Crippen LogP contribution in [0.25, 0.3) is 6.08 Å². The van der Waals surface area contributed by atoms with E-state index < -0.39 is 0 Å². The first-order valence-corrected chi connectivity index (χ1v) is 11.5. The van der Waals surface area contributed by atoms with Crippen molar-refractivity contribution >= 4 is 23.5 Å². The van der Waals surface area contributed by atoms with Gasteiger partial charge in [0.2, 0.25) is 5.95 Å². The number of piperazine rings is 1. The molecule has 6 nitrogen and oxygen atoms in total. The van der Waals surface area contributed by atoms with Crippen LogP contribution in [0.2, 0.25) is 0 Å². The molecule has 0 amide bonds. The summed E-state index contributed by atoms with van der Waals surface area (Å²) in [5.41, 5.74) is 3.86. The Balaban J connectivity index is 1.27. The molecule has 1 aliphatic carbocycles. The van der Waals surface area contributed by atoms with E-state index in [0.29, 0.717) is 12.0 Å². The summed E-state index contributed by atoms with van der Waals surface area (Å²) in [6.07, 6.45) is 7.25. The van der Waals surface area contributed by atoms with Gasteiger partial charge in [0.05, 0.1) is 18.4 Å². The lowest BCUT2D eigenvalue weighted by Gasteiger charge is -2.36. The van der Waals surface area contributed by atoms with E-state index in [1.54, 1.807) is 13.3 Å². The zero-order chi connectivity index (χ0) is 22.6. The van der Waals surface area contributed by atoms with E-state index in [4.69, 9.17) is 9.72 Å². The van der Waals surface area contributed by atoms with E-state index in [0.717, 1.165) is 55.6 Å². The zero-order valence-electron chi connectivity index (χ0n) is 18.9. The summed E-state index contributed by atoms with van der Waals surface area (Å²) < 4.78 is 5.36. The number of nitrogens with zero attached hydrogens (tertiary/aromatic N) is 4. The number of allylic oxidation sites excluding steroid dienone is 1. The van der Waals surface area contributed by atoms with E-state index in [-0.39, 0.29) is 11.7 Å². The van der Waals surface area contributed by atoms with Gasteiger partial charge >= 0.3 is 0 Å². The van der Waals surface area contributed by atoms with Gasteiger partial charge in [0.25, 0.3) is 0 Å². The number of fused-ring (bicyclic) bond motifs is 1. The highest BCUT2D eigenvalue weighted by atomic mass is 16.5. The lowest BCUT2D eigenvalue weighted by atomic mass is 9.86. The first-order valence-electron chi connectivity index (χ1n) is 11.5. The molecule has 6 heteroatoms. The monoisotopic (exact) mass is 440 g/mol. The molecule has 168 valence electrons. The molecule has 0 bridgehead atoms. The molecule has 1 saturated heterocycles. The minimum Gasteiger partial charge on any atom is -0.497 e. The van der Waals surface area contributed by atoms with Crippen molar-refractivity contribution in [3.05, 3.63) is 83.7 Å². The number of ketones is 1. The van der Waals surface area contributed by atoms with Crippen LogP contribution in [0.3, 0.4) is 0 Å². The molecule has 0 N–H and O–H groups in total. The van der Waals surface area contributed by atoms with Gasteiger partial charge in [0.1, 0.15) is 5.75 Å². The smallest absolute Gasteiger partial charge is 0.225 e. The molecule has 1 aliphatic heterocycles. The van der Waals surface area contributed by atoms with Crippen molar-refractivity contribution in [2.24, 2.45) is 5.92 Å². The third kappa shape index (κ3) is 4.75. The number of Topliss-reactive ketones (excluding diaryl/α,β-unsaturated/α-hetero) is 1. The minimum absolute atomic E-state index is 0.133. The predicted octanol–water partition coefficient (Wildman–Crippen LogP) is 4.27. The van der Waals surface area contributed by atoms with Crippen molar-refractivity contribution in [3.8, 4) is 5.75 Å². The third-order valence-electron chi connectivity index (χ3n) is 6.40. The standard InChI is InChI=1S/C27H28N4O2/c1-33-23-9-5-8-22(18-23)30-12-14-31(15-13-30)27-28-19-24-25(29-27)16-21(17-26(24)32)11-10-20-6-3-2-4-7-20/h2-11,18-19,21H,12-17H2,1H3/b11-10+/t21-/m1/s1. The number of carbonyl (C=O) groups excluding carboxylic acids is 1. The largest absolute Gasteiger partial charge is 0.497 e. The molecule has 33 heavy (non-hydrogen) atoms. The number of hydrogen-bond acceptors (Lipinski definition) is 6. The molecule has 3 aromatic rings. The van der Waals surface area contributed by atoms with Crippen molar-refractivity contribution < 1.29 is 9.53 Å². The van der Waals surface area contributed by atoms with E-state index in [2.05, 4.69) is 51.2 Å². The molecular weight excluding hydrogens is 412 g/mol. The Morgan fingerprint density at radius 2 is 1.76 bits per heavy atom. The summed E-state index contributed by atoms with van der Waals surface area (Å²) in [6, 6.07) is 18.4. The minimum atomic E-state index is 0.133. The SMILES string of the molecule is COc1cccc(N2CCN(c3ncc4c(n3)C[C@@H](/C=C/c3ccccc3)CC4=O)CC2)c1. The van der Waals surface area contributed by atoms with Crippen LogP contribution in [0.15, 0.2) is 66.9 Å². The first kappa shape index (κ1) is 21.2. The molecule has 0 unspecified atom stereocenters. The lowest BCUT2D eigenvalue weighted by molar-refractivity contribution is 0.0957. The van der Waals surface area contributed by atoms with Gasteiger partial charge in [-0.25, -0.2) is 9.97 Å². The highest BCUT2D eigenvalue weighted by molar-refractivity contribution is 5.98. The summed E-state index contributed by atoms with van der Waals surface area (Å²) in [4.78, 5) is 26.7. The molecule has 0 saturated carbocycles. The summed E-state index contributed by atoms with van der Waals surface area (Å²) >= 11 is 0. The van der Waals surface area contributed by atoms with E-state index in [1.807, 2.05) is 30.3 Å². The Kier molecular flexibility index (Phi) is 6.07. The summed E-state index contributed by atoms with van der Waals surface area (Å²) in [5, 5.41) is 0.